The zero-order valence-corrected chi connectivity index (χ0v) is 11.9. The molecule has 1 aliphatic heterocycles. The molecule has 1 fully saturated rings. The zero-order valence-electron chi connectivity index (χ0n) is 11.9. The van der Waals surface area contributed by atoms with Gasteiger partial charge < -0.3 is 9.64 Å². The van der Waals surface area contributed by atoms with E-state index in [9.17, 15) is 0 Å². The van der Waals surface area contributed by atoms with E-state index in [1.807, 2.05) is 0 Å². The molecule has 1 heterocycles. The lowest BCUT2D eigenvalue weighted by atomic mass is 9.74. The molecule has 0 aromatic carbocycles. The minimum atomic E-state index is 0.342. The molecule has 0 bridgehead atoms. The highest BCUT2D eigenvalue weighted by molar-refractivity contribution is 4.93. The summed E-state index contributed by atoms with van der Waals surface area (Å²) in [6.07, 6.45) is 2.99. The first-order valence-corrected chi connectivity index (χ1v) is 6.72. The van der Waals surface area contributed by atoms with E-state index < -0.39 is 0 Å². The molecule has 0 spiro atoms. The molecular formula is C14H29NO. The standard InChI is InChI=1S/C14H29NO/c1-7-8-13-12(4)16-10-14(13,5)9-15(6)11(2)3/h11-13H,7-10H2,1-6H3. The third-order valence-electron chi connectivity index (χ3n) is 4.23. The molecule has 16 heavy (non-hydrogen) atoms. The second-order valence-corrected chi connectivity index (χ2v) is 6.07. The quantitative estimate of drug-likeness (QED) is 0.715. The van der Waals surface area contributed by atoms with E-state index in [1.165, 1.54) is 12.8 Å². The molecule has 0 aromatic heterocycles. The molecule has 1 aliphatic rings. The summed E-state index contributed by atoms with van der Waals surface area (Å²) in [7, 11) is 2.22. The van der Waals surface area contributed by atoms with Crippen LogP contribution in [-0.2, 0) is 4.74 Å². The van der Waals surface area contributed by atoms with Crippen molar-refractivity contribution in [1.82, 2.24) is 4.90 Å². The van der Waals surface area contributed by atoms with Gasteiger partial charge in [-0.1, -0.05) is 20.3 Å². The van der Waals surface area contributed by atoms with Gasteiger partial charge in [0, 0.05) is 18.0 Å². The number of hydrogen-bond acceptors (Lipinski definition) is 2. The Morgan fingerprint density at radius 2 is 2.06 bits per heavy atom. The Morgan fingerprint density at radius 1 is 1.44 bits per heavy atom. The Labute approximate surface area is 101 Å². The summed E-state index contributed by atoms with van der Waals surface area (Å²) in [5, 5.41) is 0. The van der Waals surface area contributed by atoms with E-state index in [0.29, 0.717) is 17.6 Å². The van der Waals surface area contributed by atoms with Crippen LogP contribution < -0.4 is 0 Å². The molecule has 0 aromatic rings. The lowest BCUT2D eigenvalue weighted by Crippen LogP contribution is -2.42. The van der Waals surface area contributed by atoms with Crippen LogP contribution in [0.15, 0.2) is 0 Å². The highest BCUT2D eigenvalue weighted by atomic mass is 16.5. The first kappa shape index (κ1) is 14.0. The van der Waals surface area contributed by atoms with Crippen molar-refractivity contribution in [3.8, 4) is 0 Å². The summed E-state index contributed by atoms with van der Waals surface area (Å²) in [6.45, 7) is 13.5. The van der Waals surface area contributed by atoms with Gasteiger partial charge in [-0.05, 0) is 40.2 Å². The molecule has 0 radical (unpaired) electrons. The van der Waals surface area contributed by atoms with Gasteiger partial charge in [-0.15, -0.1) is 0 Å². The van der Waals surface area contributed by atoms with Gasteiger partial charge in [0.2, 0.25) is 0 Å². The fourth-order valence-electron chi connectivity index (χ4n) is 2.92. The number of ether oxygens (including phenoxy) is 1. The second-order valence-electron chi connectivity index (χ2n) is 6.07. The van der Waals surface area contributed by atoms with E-state index in [0.717, 1.165) is 19.1 Å². The monoisotopic (exact) mass is 227 g/mol. The van der Waals surface area contributed by atoms with Crippen LogP contribution >= 0.6 is 0 Å². The summed E-state index contributed by atoms with van der Waals surface area (Å²) in [5.41, 5.74) is 0.342. The molecule has 0 amide bonds. The third kappa shape index (κ3) is 2.98. The van der Waals surface area contributed by atoms with Crippen LogP contribution in [0.4, 0.5) is 0 Å². The molecular weight excluding hydrogens is 198 g/mol. The largest absolute Gasteiger partial charge is 0.378 e. The molecule has 2 heteroatoms. The summed E-state index contributed by atoms with van der Waals surface area (Å²) >= 11 is 0. The lowest BCUT2D eigenvalue weighted by Gasteiger charge is -2.36. The first-order chi connectivity index (χ1) is 7.40. The first-order valence-electron chi connectivity index (χ1n) is 6.72. The zero-order chi connectivity index (χ0) is 12.3. The molecule has 96 valence electrons. The van der Waals surface area contributed by atoms with Crippen molar-refractivity contribution >= 4 is 0 Å². The molecule has 0 N–H and O–H groups in total. The summed E-state index contributed by atoms with van der Waals surface area (Å²) < 4.78 is 5.89. The van der Waals surface area contributed by atoms with Crippen LogP contribution in [0.3, 0.4) is 0 Å². The van der Waals surface area contributed by atoms with Gasteiger partial charge in [-0.25, -0.2) is 0 Å². The van der Waals surface area contributed by atoms with Crippen molar-refractivity contribution in [2.45, 2.75) is 59.6 Å². The Bertz CT molecular complexity index is 217. The minimum absolute atomic E-state index is 0.342. The lowest BCUT2D eigenvalue weighted by molar-refractivity contribution is 0.0938. The number of nitrogens with zero attached hydrogens (tertiary/aromatic N) is 1. The van der Waals surface area contributed by atoms with Gasteiger partial charge in [0.25, 0.3) is 0 Å². The highest BCUT2D eigenvalue weighted by Gasteiger charge is 2.44. The maximum Gasteiger partial charge on any atom is 0.0581 e. The Morgan fingerprint density at radius 3 is 2.56 bits per heavy atom. The van der Waals surface area contributed by atoms with Crippen molar-refractivity contribution in [3.63, 3.8) is 0 Å². The van der Waals surface area contributed by atoms with E-state index in [2.05, 4.69) is 46.6 Å². The average Bonchev–Trinajstić information content (AvgIpc) is 2.46. The van der Waals surface area contributed by atoms with Crippen molar-refractivity contribution < 1.29 is 4.74 Å². The summed E-state index contributed by atoms with van der Waals surface area (Å²) in [6, 6.07) is 0.620. The van der Waals surface area contributed by atoms with E-state index in [4.69, 9.17) is 4.74 Å². The third-order valence-corrected chi connectivity index (χ3v) is 4.23. The van der Waals surface area contributed by atoms with Gasteiger partial charge in [-0.3, -0.25) is 0 Å². The van der Waals surface area contributed by atoms with Gasteiger partial charge >= 0.3 is 0 Å². The molecule has 0 aliphatic carbocycles. The normalized spacial score (nSPS) is 35.2. The molecule has 2 nitrogen and oxygen atoms in total. The Hall–Kier alpha value is -0.0800. The van der Waals surface area contributed by atoms with E-state index >= 15 is 0 Å². The predicted molar refractivity (Wildman–Crippen MR) is 69.7 cm³/mol. The van der Waals surface area contributed by atoms with Crippen LogP contribution in [0, 0.1) is 11.3 Å². The van der Waals surface area contributed by atoms with Gasteiger partial charge in [0.15, 0.2) is 0 Å². The number of rotatable bonds is 5. The maximum atomic E-state index is 5.89. The van der Waals surface area contributed by atoms with Gasteiger partial charge in [0.1, 0.15) is 0 Å². The van der Waals surface area contributed by atoms with Crippen LogP contribution in [-0.4, -0.2) is 37.2 Å². The van der Waals surface area contributed by atoms with Crippen molar-refractivity contribution in [2.24, 2.45) is 11.3 Å². The van der Waals surface area contributed by atoms with Crippen LogP contribution in [0.5, 0.6) is 0 Å². The molecule has 0 saturated carbocycles. The molecule has 3 unspecified atom stereocenters. The fourth-order valence-corrected chi connectivity index (χ4v) is 2.92. The SMILES string of the molecule is CCCC1C(C)OCC1(C)CN(C)C(C)C. The number of hydrogen-bond donors (Lipinski definition) is 0. The van der Waals surface area contributed by atoms with Crippen molar-refractivity contribution in [2.75, 3.05) is 20.2 Å². The van der Waals surface area contributed by atoms with Crippen LogP contribution in [0.2, 0.25) is 0 Å². The second kappa shape index (κ2) is 5.50. The molecule has 3 atom stereocenters. The fraction of sp³-hybridized carbons (Fsp3) is 1.00. The topological polar surface area (TPSA) is 12.5 Å². The molecule has 1 rings (SSSR count). The van der Waals surface area contributed by atoms with Crippen molar-refractivity contribution in [1.29, 1.82) is 0 Å². The Balaban J connectivity index is 2.66. The Kier molecular flexibility index (Phi) is 4.81. The van der Waals surface area contributed by atoms with Crippen molar-refractivity contribution in [3.05, 3.63) is 0 Å². The van der Waals surface area contributed by atoms with E-state index in [1.54, 1.807) is 0 Å². The molecule has 1 saturated heterocycles. The van der Waals surface area contributed by atoms with Gasteiger partial charge in [-0.2, -0.15) is 0 Å². The highest BCUT2D eigenvalue weighted by Crippen LogP contribution is 2.41. The van der Waals surface area contributed by atoms with Gasteiger partial charge in [0.05, 0.1) is 12.7 Å². The minimum Gasteiger partial charge on any atom is -0.378 e. The van der Waals surface area contributed by atoms with Crippen LogP contribution in [0.25, 0.3) is 0 Å². The summed E-state index contributed by atoms with van der Waals surface area (Å²) in [4.78, 5) is 2.45. The maximum absolute atomic E-state index is 5.89. The smallest absolute Gasteiger partial charge is 0.0581 e. The average molecular weight is 227 g/mol. The van der Waals surface area contributed by atoms with Crippen LogP contribution in [0.1, 0.15) is 47.5 Å². The van der Waals surface area contributed by atoms with E-state index in [-0.39, 0.29) is 0 Å². The summed E-state index contributed by atoms with van der Waals surface area (Å²) in [5.74, 6) is 0.721. The predicted octanol–water partition coefficient (Wildman–Crippen LogP) is 3.17.